The molecule has 0 aliphatic carbocycles. The zero-order chi connectivity index (χ0) is 7.56. The molecule has 1 saturated heterocycles. The first kappa shape index (κ1) is 7.89. The predicted molar refractivity (Wildman–Crippen MR) is 39.6 cm³/mol. The zero-order valence-corrected chi connectivity index (χ0v) is 6.89. The fourth-order valence-electron chi connectivity index (χ4n) is 0.954. The summed E-state index contributed by atoms with van der Waals surface area (Å²) in [5.41, 5.74) is 1.44. The van der Waals surface area contributed by atoms with Gasteiger partial charge in [0.2, 0.25) is 0 Å². The Hall–Kier alpha value is -0.210. The second kappa shape index (κ2) is 3.26. The fraction of sp³-hybridized carbons (Fsp3) is 0.714. The topological polar surface area (TPSA) is 18.5 Å². The lowest BCUT2D eigenvalue weighted by Crippen LogP contribution is -2.15. The first-order valence-electron chi connectivity index (χ1n) is 3.30. The van der Waals surface area contributed by atoms with E-state index in [1.54, 1.807) is 0 Å². The van der Waals surface area contributed by atoms with Crippen molar-refractivity contribution in [2.45, 2.75) is 20.0 Å². The molecule has 0 amide bonds. The minimum absolute atomic E-state index is 0.0532. The normalized spacial score (nSPS) is 29.6. The van der Waals surface area contributed by atoms with Crippen molar-refractivity contribution in [2.75, 3.05) is 6.79 Å². The molecule has 1 aliphatic rings. The van der Waals surface area contributed by atoms with Crippen molar-refractivity contribution in [3.8, 4) is 0 Å². The fourth-order valence-corrected chi connectivity index (χ4v) is 1.14. The molecule has 3 heteroatoms. The summed E-state index contributed by atoms with van der Waals surface area (Å²) in [4.78, 5) is 0. The maximum Gasteiger partial charge on any atom is 0.189 e. The van der Waals surface area contributed by atoms with Gasteiger partial charge in [-0.3, -0.25) is 0 Å². The molecule has 1 unspecified atom stereocenters. The number of ether oxygens (including phenoxy) is 2. The lowest BCUT2D eigenvalue weighted by Gasteiger charge is -2.10. The zero-order valence-electron chi connectivity index (χ0n) is 6.13. The second-order valence-corrected chi connectivity index (χ2v) is 2.82. The molecular weight excluding hydrogens is 152 g/mol. The Bertz CT molecular complexity index is 143. The van der Waals surface area contributed by atoms with Crippen molar-refractivity contribution < 1.29 is 9.47 Å². The predicted octanol–water partition coefficient (Wildman–Crippen LogP) is 2.10. The van der Waals surface area contributed by atoms with E-state index in [0.717, 1.165) is 5.76 Å². The van der Waals surface area contributed by atoms with E-state index in [4.69, 9.17) is 21.1 Å². The average molecular weight is 163 g/mol. The summed E-state index contributed by atoms with van der Waals surface area (Å²) in [5, 5.41) is 0. The van der Waals surface area contributed by atoms with Crippen molar-refractivity contribution in [3.05, 3.63) is 11.3 Å². The monoisotopic (exact) mass is 162 g/mol. The number of rotatable bonds is 1. The molecule has 1 heterocycles. The van der Waals surface area contributed by atoms with Gasteiger partial charge in [-0.15, -0.1) is 0 Å². The SMILES string of the molecule is CC(C)C1OCO/C1=C\Cl. The van der Waals surface area contributed by atoms with Crippen LogP contribution >= 0.6 is 11.6 Å². The minimum atomic E-state index is 0.0532. The van der Waals surface area contributed by atoms with Crippen LogP contribution in [0.1, 0.15) is 13.8 Å². The second-order valence-electron chi connectivity index (χ2n) is 2.60. The van der Waals surface area contributed by atoms with Crippen LogP contribution in [0, 0.1) is 5.92 Å². The Labute approximate surface area is 65.8 Å². The van der Waals surface area contributed by atoms with Crippen molar-refractivity contribution in [2.24, 2.45) is 5.92 Å². The quantitative estimate of drug-likeness (QED) is 0.588. The summed E-state index contributed by atoms with van der Waals surface area (Å²) in [6.07, 6.45) is 0.0532. The molecule has 1 aliphatic heterocycles. The van der Waals surface area contributed by atoms with E-state index in [-0.39, 0.29) is 6.10 Å². The van der Waals surface area contributed by atoms with Crippen LogP contribution in [0.2, 0.25) is 0 Å². The summed E-state index contributed by atoms with van der Waals surface area (Å²) in [7, 11) is 0. The Morgan fingerprint density at radius 1 is 1.70 bits per heavy atom. The van der Waals surface area contributed by atoms with Gasteiger partial charge >= 0.3 is 0 Å². The van der Waals surface area contributed by atoms with Gasteiger partial charge in [0.05, 0.1) is 0 Å². The van der Waals surface area contributed by atoms with Gasteiger partial charge in [-0.2, -0.15) is 0 Å². The Kier molecular flexibility index (Phi) is 2.57. The largest absolute Gasteiger partial charge is 0.468 e. The van der Waals surface area contributed by atoms with Gasteiger partial charge in [0.25, 0.3) is 0 Å². The van der Waals surface area contributed by atoms with E-state index in [2.05, 4.69) is 13.8 Å². The van der Waals surface area contributed by atoms with Crippen molar-refractivity contribution >= 4 is 11.6 Å². The van der Waals surface area contributed by atoms with Gasteiger partial charge in [0.15, 0.2) is 6.79 Å². The van der Waals surface area contributed by atoms with Crippen LogP contribution in [0.3, 0.4) is 0 Å². The van der Waals surface area contributed by atoms with E-state index in [0.29, 0.717) is 12.7 Å². The first-order chi connectivity index (χ1) is 4.75. The molecule has 0 spiro atoms. The molecule has 0 radical (unpaired) electrons. The highest BCUT2D eigenvalue weighted by atomic mass is 35.5. The smallest absolute Gasteiger partial charge is 0.189 e. The molecule has 0 aromatic rings. The van der Waals surface area contributed by atoms with Gasteiger partial charge in [-0.05, 0) is 5.92 Å². The van der Waals surface area contributed by atoms with Crippen LogP contribution in [0.25, 0.3) is 0 Å². The minimum Gasteiger partial charge on any atom is -0.468 e. The van der Waals surface area contributed by atoms with Crippen molar-refractivity contribution in [3.63, 3.8) is 0 Å². The van der Waals surface area contributed by atoms with Crippen LogP contribution < -0.4 is 0 Å². The van der Waals surface area contributed by atoms with E-state index in [9.17, 15) is 0 Å². The van der Waals surface area contributed by atoms with Gasteiger partial charge in [0.1, 0.15) is 11.9 Å². The summed E-state index contributed by atoms with van der Waals surface area (Å²) in [6.45, 7) is 4.47. The highest BCUT2D eigenvalue weighted by molar-refractivity contribution is 6.25. The van der Waals surface area contributed by atoms with E-state index < -0.39 is 0 Å². The first-order valence-corrected chi connectivity index (χ1v) is 3.74. The third-order valence-corrected chi connectivity index (χ3v) is 1.68. The summed E-state index contributed by atoms with van der Waals surface area (Å²) >= 11 is 5.48. The molecule has 0 aromatic heterocycles. The van der Waals surface area contributed by atoms with Crippen molar-refractivity contribution in [1.82, 2.24) is 0 Å². The molecule has 0 saturated carbocycles. The molecule has 0 aromatic carbocycles. The van der Waals surface area contributed by atoms with E-state index in [1.165, 1.54) is 5.54 Å². The van der Waals surface area contributed by atoms with Gasteiger partial charge in [-0.1, -0.05) is 25.4 Å². The molecule has 0 bridgehead atoms. The number of hydrogen-bond acceptors (Lipinski definition) is 2. The van der Waals surface area contributed by atoms with Crippen LogP contribution in [0.4, 0.5) is 0 Å². The lowest BCUT2D eigenvalue weighted by molar-refractivity contribution is 0.0345. The van der Waals surface area contributed by atoms with Crippen LogP contribution in [-0.2, 0) is 9.47 Å². The lowest BCUT2D eigenvalue weighted by atomic mass is 10.1. The third kappa shape index (κ3) is 1.44. The molecule has 2 nitrogen and oxygen atoms in total. The molecule has 1 fully saturated rings. The maximum absolute atomic E-state index is 5.48. The summed E-state index contributed by atoms with van der Waals surface area (Å²) < 4.78 is 10.3. The Morgan fingerprint density at radius 3 is 2.80 bits per heavy atom. The van der Waals surface area contributed by atoms with Crippen LogP contribution in [0.15, 0.2) is 11.3 Å². The number of hydrogen-bond donors (Lipinski definition) is 0. The average Bonchev–Trinajstić information content (AvgIpc) is 2.33. The molecule has 10 heavy (non-hydrogen) atoms. The van der Waals surface area contributed by atoms with Crippen molar-refractivity contribution in [1.29, 1.82) is 0 Å². The highest BCUT2D eigenvalue weighted by Gasteiger charge is 2.25. The van der Waals surface area contributed by atoms with Crippen LogP contribution in [0.5, 0.6) is 0 Å². The Balaban J connectivity index is 2.59. The molecule has 1 atom stereocenters. The Morgan fingerprint density at radius 2 is 2.40 bits per heavy atom. The summed E-state index contributed by atoms with van der Waals surface area (Å²) in [5.74, 6) is 1.17. The van der Waals surface area contributed by atoms with Gasteiger partial charge in [0, 0.05) is 5.54 Å². The third-order valence-electron chi connectivity index (χ3n) is 1.47. The van der Waals surface area contributed by atoms with Gasteiger partial charge in [-0.25, -0.2) is 0 Å². The standard InChI is InChI=1S/C7H11ClO2/c1-5(2)7-6(3-8)9-4-10-7/h3,5,7H,4H2,1-2H3/b6-3-. The highest BCUT2D eigenvalue weighted by Crippen LogP contribution is 2.23. The van der Waals surface area contributed by atoms with Gasteiger partial charge < -0.3 is 9.47 Å². The molecule has 1 rings (SSSR count). The maximum atomic E-state index is 5.48. The summed E-state index contributed by atoms with van der Waals surface area (Å²) in [6, 6.07) is 0. The molecule has 58 valence electrons. The molecular formula is C7H11ClO2. The van der Waals surface area contributed by atoms with E-state index >= 15 is 0 Å². The van der Waals surface area contributed by atoms with E-state index in [1.807, 2.05) is 0 Å². The number of halogens is 1. The van der Waals surface area contributed by atoms with Crippen LogP contribution in [-0.4, -0.2) is 12.9 Å². The molecule has 0 N–H and O–H groups in total.